The van der Waals surface area contributed by atoms with Crippen molar-refractivity contribution < 1.29 is 4.74 Å². The lowest BCUT2D eigenvalue weighted by atomic mass is 9.92. The fraction of sp³-hybridized carbons (Fsp3) is 0.368. The van der Waals surface area contributed by atoms with Crippen LogP contribution in [0.3, 0.4) is 0 Å². The summed E-state index contributed by atoms with van der Waals surface area (Å²) in [5.74, 6) is 0.909. The number of ether oxygens (including phenoxy) is 1. The van der Waals surface area contributed by atoms with E-state index in [1.807, 2.05) is 35.0 Å². The number of anilines is 1. The van der Waals surface area contributed by atoms with E-state index < -0.39 is 0 Å². The molecule has 0 radical (unpaired) electrons. The third kappa shape index (κ3) is 3.78. The second-order valence-electron chi connectivity index (χ2n) is 7.00. The minimum Gasteiger partial charge on any atom is -0.383 e. The number of fused-ring (bicyclic) bond motifs is 1. The van der Waals surface area contributed by atoms with E-state index >= 15 is 0 Å². The van der Waals surface area contributed by atoms with E-state index in [4.69, 9.17) is 21.3 Å². The third-order valence-corrected chi connectivity index (χ3v) is 4.26. The van der Waals surface area contributed by atoms with Crippen molar-refractivity contribution in [1.29, 1.82) is 0 Å². The molecule has 6 heteroatoms. The third-order valence-electron chi connectivity index (χ3n) is 4.01. The summed E-state index contributed by atoms with van der Waals surface area (Å²) in [7, 11) is 1.69. The van der Waals surface area contributed by atoms with Crippen molar-refractivity contribution in [1.82, 2.24) is 14.6 Å². The van der Waals surface area contributed by atoms with Gasteiger partial charge in [0.25, 0.3) is 0 Å². The van der Waals surface area contributed by atoms with Crippen LogP contribution in [0, 0.1) is 0 Å². The summed E-state index contributed by atoms with van der Waals surface area (Å²) in [4.78, 5) is 4.89. The number of hydrogen-bond donors (Lipinski definition) is 1. The molecule has 0 spiro atoms. The maximum Gasteiger partial charge on any atom is 0.165 e. The van der Waals surface area contributed by atoms with E-state index in [2.05, 4.69) is 37.3 Å². The molecule has 25 heavy (non-hydrogen) atoms. The predicted molar refractivity (Wildman–Crippen MR) is 102 cm³/mol. The molecule has 0 amide bonds. The molecule has 3 rings (SSSR count). The smallest absolute Gasteiger partial charge is 0.165 e. The van der Waals surface area contributed by atoms with Gasteiger partial charge in [-0.25, -0.2) is 4.98 Å². The van der Waals surface area contributed by atoms with Crippen molar-refractivity contribution in [3.05, 3.63) is 47.2 Å². The highest BCUT2D eigenvalue weighted by atomic mass is 35.5. The molecule has 0 aliphatic heterocycles. The highest BCUT2D eigenvalue weighted by molar-refractivity contribution is 6.30. The van der Waals surface area contributed by atoms with Crippen LogP contribution in [-0.4, -0.2) is 34.9 Å². The molecule has 0 atom stereocenters. The fourth-order valence-electron chi connectivity index (χ4n) is 2.59. The number of halogens is 1. The minimum absolute atomic E-state index is 0.0685. The monoisotopic (exact) mass is 358 g/mol. The molecule has 2 aromatic heterocycles. The van der Waals surface area contributed by atoms with Crippen LogP contribution in [0.1, 0.15) is 26.5 Å². The maximum atomic E-state index is 6.01. The Morgan fingerprint density at radius 3 is 2.56 bits per heavy atom. The molecule has 0 saturated heterocycles. The van der Waals surface area contributed by atoms with E-state index in [-0.39, 0.29) is 5.41 Å². The first kappa shape index (κ1) is 17.7. The molecule has 5 nitrogen and oxygen atoms in total. The second kappa shape index (κ2) is 7.02. The maximum absolute atomic E-state index is 6.01. The van der Waals surface area contributed by atoms with E-state index in [0.29, 0.717) is 18.2 Å². The number of rotatable bonds is 5. The van der Waals surface area contributed by atoms with Crippen LogP contribution in [0.2, 0.25) is 5.02 Å². The molecule has 0 bridgehead atoms. The SMILES string of the molecule is COCCNc1cc(C(C)(C)C)nc2c(-c3ccc(Cl)cc3)cnn12. The summed E-state index contributed by atoms with van der Waals surface area (Å²) in [6.07, 6.45) is 1.85. The van der Waals surface area contributed by atoms with Gasteiger partial charge in [0.1, 0.15) is 5.82 Å². The van der Waals surface area contributed by atoms with Gasteiger partial charge in [0.05, 0.1) is 18.5 Å². The van der Waals surface area contributed by atoms with Gasteiger partial charge in [0.15, 0.2) is 5.65 Å². The average molecular weight is 359 g/mol. The lowest BCUT2D eigenvalue weighted by Gasteiger charge is -2.20. The van der Waals surface area contributed by atoms with Crippen molar-refractivity contribution in [3.8, 4) is 11.1 Å². The zero-order valence-corrected chi connectivity index (χ0v) is 15.8. The van der Waals surface area contributed by atoms with Gasteiger partial charge in [-0.3, -0.25) is 0 Å². The number of nitrogens with zero attached hydrogens (tertiary/aromatic N) is 3. The van der Waals surface area contributed by atoms with Gasteiger partial charge in [-0.05, 0) is 17.7 Å². The van der Waals surface area contributed by atoms with Crippen LogP contribution < -0.4 is 5.32 Å². The minimum atomic E-state index is -0.0685. The van der Waals surface area contributed by atoms with E-state index in [9.17, 15) is 0 Å². The largest absolute Gasteiger partial charge is 0.383 e. The van der Waals surface area contributed by atoms with Gasteiger partial charge >= 0.3 is 0 Å². The van der Waals surface area contributed by atoms with Crippen LogP contribution in [0.4, 0.5) is 5.82 Å². The first-order valence-corrected chi connectivity index (χ1v) is 8.66. The predicted octanol–water partition coefficient (Wildman–Crippen LogP) is 4.41. The highest BCUT2D eigenvalue weighted by Gasteiger charge is 2.20. The Bertz CT molecular complexity index is 866. The molecule has 0 fully saturated rings. The summed E-state index contributed by atoms with van der Waals surface area (Å²) >= 11 is 6.01. The summed E-state index contributed by atoms with van der Waals surface area (Å²) in [5, 5.41) is 8.64. The van der Waals surface area contributed by atoms with Crippen molar-refractivity contribution in [2.24, 2.45) is 0 Å². The number of aromatic nitrogens is 3. The Morgan fingerprint density at radius 1 is 1.20 bits per heavy atom. The number of benzene rings is 1. The van der Waals surface area contributed by atoms with Gasteiger partial charge in [0, 0.05) is 35.7 Å². The molecule has 1 aromatic carbocycles. The number of methoxy groups -OCH3 is 1. The highest BCUT2D eigenvalue weighted by Crippen LogP contribution is 2.30. The van der Waals surface area contributed by atoms with E-state index in [1.54, 1.807) is 7.11 Å². The lowest BCUT2D eigenvalue weighted by molar-refractivity contribution is 0.210. The summed E-state index contributed by atoms with van der Waals surface area (Å²) in [5.41, 5.74) is 3.80. The van der Waals surface area contributed by atoms with E-state index in [1.165, 1.54) is 0 Å². The molecule has 132 valence electrons. The normalized spacial score (nSPS) is 11.9. The lowest BCUT2D eigenvalue weighted by Crippen LogP contribution is -2.17. The molecule has 2 heterocycles. The van der Waals surface area contributed by atoms with Crippen LogP contribution >= 0.6 is 11.6 Å². The van der Waals surface area contributed by atoms with Crippen molar-refractivity contribution >= 4 is 23.1 Å². The zero-order chi connectivity index (χ0) is 18.0. The number of hydrogen-bond acceptors (Lipinski definition) is 4. The Morgan fingerprint density at radius 2 is 1.92 bits per heavy atom. The Kier molecular flexibility index (Phi) is 4.97. The van der Waals surface area contributed by atoms with Crippen molar-refractivity contribution in [2.75, 3.05) is 25.6 Å². The Balaban J connectivity index is 2.14. The molecule has 0 saturated carbocycles. The fourth-order valence-corrected chi connectivity index (χ4v) is 2.71. The summed E-state index contributed by atoms with van der Waals surface area (Å²) in [6.45, 7) is 7.80. The molecule has 3 aromatic rings. The van der Waals surface area contributed by atoms with Crippen molar-refractivity contribution in [2.45, 2.75) is 26.2 Å². The van der Waals surface area contributed by atoms with E-state index in [0.717, 1.165) is 28.3 Å². The molecular weight excluding hydrogens is 336 g/mol. The quantitative estimate of drug-likeness (QED) is 0.686. The van der Waals surface area contributed by atoms with Crippen molar-refractivity contribution in [3.63, 3.8) is 0 Å². The van der Waals surface area contributed by atoms with Gasteiger partial charge in [-0.15, -0.1) is 0 Å². The van der Waals surface area contributed by atoms with Crippen LogP contribution in [0.15, 0.2) is 36.5 Å². The zero-order valence-electron chi connectivity index (χ0n) is 15.0. The molecule has 0 aliphatic carbocycles. The standard InChI is InChI=1S/C19H23ClN4O/c1-19(2,3)16-11-17(21-9-10-25-4)24-18(23-16)15(12-22-24)13-5-7-14(20)8-6-13/h5-8,11-12,21H,9-10H2,1-4H3. The van der Waals surface area contributed by atoms with Gasteiger partial charge in [-0.1, -0.05) is 44.5 Å². The average Bonchev–Trinajstić information content (AvgIpc) is 2.99. The van der Waals surface area contributed by atoms with Gasteiger partial charge in [-0.2, -0.15) is 9.61 Å². The summed E-state index contributed by atoms with van der Waals surface area (Å²) in [6, 6.07) is 9.80. The topological polar surface area (TPSA) is 51.5 Å². The van der Waals surface area contributed by atoms with Gasteiger partial charge in [0.2, 0.25) is 0 Å². The van der Waals surface area contributed by atoms with Gasteiger partial charge < -0.3 is 10.1 Å². The first-order valence-electron chi connectivity index (χ1n) is 8.28. The Labute approximate surface area is 153 Å². The summed E-state index contributed by atoms with van der Waals surface area (Å²) < 4.78 is 6.98. The second-order valence-corrected chi connectivity index (χ2v) is 7.43. The molecule has 1 N–H and O–H groups in total. The molecular formula is C19H23ClN4O. The molecule has 0 unspecified atom stereocenters. The van der Waals surface area contributed by atoms with Crippen LogP contribution in [0.5, 0.6) is 0 Å². The Hall–Kier alpha value is -2.11. The van der Waals surface area contributed by atoms with Crippen LogP contribution in [-0.2, 0) is 10.2 Å². The first-order chi connectivity index (χ1) is 11.9. The molecule has 0 aliphatic rings. The number of nitrogens with one attached hydrogen (secondary N) is 1. The van der Waals surface area contributed by atoms with Crippen LogP contribution in [0.25, 0.3) is 16.8 Å².